The SMILES string of the molecule is N#CC1(C#N)[C@H](c2ccccc2)CC(=O)C[C@H]1c1ccc([N+](=O)[O-])cc1. The van der Waals surface area contributed by atoms with Crippen LogP contribution in [-0.4, -0.2) is 10.7 Å². The standard InChI is InChI=1S/C20H15N3O3/c21-12-20(13-22)18(14-4-2-1-3-5-14)10-17(24)11-19(20)15-6-8-16(9-7-15)23(25)26/h1-9,18-19H,10-11H2/t18-,19-/m0/s1. The van der Waals surface area contributed by atoms with Crippen LogP contribution in [0, 0.1) is 38.2 Å². The summed E-state index contributed by atoms with van der Waals surface area (Å²) in [6, 6.07) is 19.2. The number of hydrogen-bond donors (Lipinski definition) is 0. The molecule has 1 aliphatic carbocycles. The second kappa shape index (κ2) is 6.78. The molecule has 6 heteroatoms. The second-order valence-corrected chi connectivity index (χ2v) is 6.40. The molecule has 6 nitrogen and oxygen atoms in total. The van der Waals surface area contributed by atoms with Crippen molar-refractivity contribution in [2.24, 2.45) is 5.41 Å². The Balaban J connectivity index is 2.11. The minimum absolute atomic E-state index is 0.0247. The molecule has 0 unspecified atom stereocenters. The molecule has 0 aromatic heterocycles. The summed E-state index contributed by atoms with van der Waals surface area (Å²) in [5.74, 6) is -1.20. The summed E-state index contributed by atoms with van der Waals surface area (Å²) in [4.78, 5) is 22.8. The van der Waals surface area contributed by atoms with Crippen molar-refractivity contribution in [2.75, 3.05) is 0 Å². The van der Waals surface area contributed by atoms with Crippen LogP contribution in [0.5, 0.6) is 0 Å². The van der Waals surface area contributed by atoms with Crippen molar-refractivity contribution >= 4 is 11.5 Å². The molecule has 0 N–H and O–H groups in total. The molecule has 26 heavy (non-hydrogen) atoms. The van der Waals surface area contributed by atoms with Crippen LogP contribution in [0.4, 0.5) is 5.69 Å². The monoisotopic (exact) mass is 345 g/mol. The Morgan fingerprint density at radius 3 is 1.88 bits per heavy atom. The first-order valence-electron chi connectivity index (χ1n) is 8.15. The van der Waals surface area contributed by atoms with Gasteiger partial charge in [-0.2, -0.15) is 10.5 Å². The molecule has 1 fully saturated rings. The summed E-state index contributed by atoms with van der Waals surface area (Å²) >= 11 is 0. The maximum Gasteiger partial charge on any atom is 0.269 e. The van der Waals surface area contributed by atoms with Crippen LogP contribution in [0.15, 0.2) is 54.6 Å². The lowest BCUT2D eigenvalue weighted by molar-refractivity contribution is -0.384. The van der Waals surface area contributed by atoms with E-state index in [0.29, 0.717) is 5.56 Å². The maximum atomic E-state index is 12.4. The predicted octanol–water partition coefficient (Wildman–Crippen LogP) is 3.86. The van der Waals surface area contributed by atoms with E-state index in [1.807, 2.05) is 30.3 Å². The van der Waals surface area contributed by atoms with Gasteiger partial charge in [0.2, 0.25) is 0 Å². The van der Waals surface area contributed by atoms with Gasteiger partial charge in [-0.3, -0.25) is 14.9 Å². The smallest absolute Gasteiger partial charge is 0.269 e. The Morgan fingerprint density at radius 2 is 1.42 bits per heavy atom. The molecule has 0 amide bonds. The van der Waals surface area contributed by atoms with Gasteiger partial charge in [-0.25, -0.2) is 0 Å². The summed E-state index contributed by atoms with van der Waals surface area (Å²) in [6.07, 6.45) is 0.205. The van der Waals surface area contributed by atoms with Crippen LogP contribution >= 0.6 is 0 Å². The number of hydrogen-bond acceptors (Lipinski definition) is 5. The van der Waals surface area contributed by atoms with Crippen molar-refractivity contribution in [1.29, 1.82) is 10.5 Å². The number of carbonyl (C=O) groups is 1. The number of Topliss-reactive ketones (excluding diaryl/α,β-unsaturated/α-hetero) is 1. The molecular weight excluding hydrogens is 330 g/mol. The van der Waals surface area contributed by atoms with Crippen LogP contribution < -0.4 is 0 Å². The Morgan fingerprint density at radius 1 is 0.923 bits per heavy atom. The largest absolute Gasteiger partial charge is 0.300 e. The zero-order valence-electron chi connectivity index (χ0n) is 13.8. The van der Waals surface area contributed by atoms with E-state index in [2.05, 4.69) is 12.1 Å². The summed E-state index contributed by atoms with van der Waals surface area (Å²) in [5.41, 5.74) is -0.121. The fourth-order valence-corrected chi connectivity index (χ4v) is 3.72. The van der Waals surface area contributed by atoms with Crippen molar-refractivity contribution in [3.8, 4) is 12.1 Å². The van der Waals surface area contributed by atoms with E-state index < -0.39 is 22.2 Å². The number of non-ortho nitro benzene ring substituents is 1. The predicted molar refractivity (Wildman–Crippen MR) is 92.9 cm³/mol. The zero-order chi connectivity index (χ0) is 18.7. The van der Waals surface area contributed by atoms with Gasteiger partial charge in [-0.15, -0.1) is 0 Å². The van der Waals surface area contributed by atoms with E-state index in [0.717, 1.165) is 5.56 Å². The number of nitro groups is 1. The van der Waals surface area contributed by atoms with Gasteiger partial charge in [0.25, 0.3) is 5.69 Å². The summed E-state index contributed by atoms with van der Waals surface area (Å²) in [6.45, 7) is 0. The van der Waals surface area contributed by atoms with Gasteiger partial charge in [-0.1, -0.05) is 42.5 Å². The maximum absolute atomic E-state index is 12.4. The Labute approximate surface area is 150 Å². The first-order chi connectivity index (χ1) is 12.5. The highest BCUT2D eigenvalue weighted by molar-refractivity contribution is 5.82. The molecule has 0 saturated heterocycles. The number of nitro benzene ring substituents is 1. The molecule has 2 aromatic carbocycles. The molecule has 0 aliphatic heterocycles. The summed E-state index contributed by atoms with van der Waals surface area (Å²) in [7, 11) is 0. The Hall–Kier alpha value is -3.51. The first kappa shape index (κ1) is 17.3. The van der Waals surface area contributed by atoms with Crippen molar-refractivity contribution in [1.82, 2.24) is 0 Å². The van der Waals surface area contributed by atoms with Gasteiger partial charge in [0.1, 0.15) is 5.78 Å². The lowest BCUT2D eigenvalue weighted by Gasteiger charge is -2.40. The number of benzene rings is 2. The summed E-state index contributed by atoms with van der Waals surface area (Å²) < 4.78 is 0. The van der Waals surface area contributed by atoms with Crippen molar-refractivity contribution in [3.63, 3.8) is 0 Å². The quantitative estimate of drug-likeness (QED) is 0.620. The first-order valence-corrected chi connectivity index (χ1v) is 8.15. The highest BCUT2D eigenvalue weighted by Gasteiger charge is 2.52. The highest BCUT2D eigenvalue weighted by atomic mass is 16.6. The highest BCUT2D eigenvalue weighted by Crippen LogP contribution is 2.53. The number of rotatable bonds is 3. The summed E-state index contributed by atoms with van der Waals surface area (Å²) in [5, 5.41) is 30.7. The van der Waals surface area contributed by atoms with Crippen LogP contribution in [0.1, 0.15) is 35.8 Å². The minimum Gasteiger partial charge on any atom is -0.300 e. The van der Waals surface area contributed by atoms with Crippen LogP contribution in [0.3, 0.4) is 0 Å². The average Bonchev–Trinajstić information content (AvgIpc) is 2.68. The molecule has 2 atom stereocenters. The molecule has 128 valence electrons. The molecular formula is C20H15N3O3. The minimum atomic E-state index is -1.41. The number of ketones is 1. The molecule has 0 radical (unpaired) electrons. The topological polar surface area (TPSA) is 108 Å². The van der Waals surface area contributed by atoms with Gasteiger partial charge >= 0.3 is 0 Å². The number of carbonyl (C=O) groups excluding carboxylic acids is 1. The van der Waals surface area contributed by atoms with Gasteiger partial charge in [0.05, 0.1) is 17.1 Å². The van der Waals surface area contributed by atoms with Gasteiger partial charge < -0.3 is 0 Å². The van der Waals surface area contributed by atoms with Gasteiger partial charge in [0, 0.05) is 36.8 Å². The van der Waals surface area contributed by atoms with Gasteiger partial charge in [0.15, 0.2) is 5.41 Å². The third-order valence-corrected chi connectivity index (χ3v) is 5.04. The Bertz CT molecular complexity index is 910. The van der Waals surface area contributed by atoms with Crippen molar-refractivity contribution < 1.29 is 9.72 Å². The molecule has 1 saturated carbocycles. The second-order valence-electron chi connectivity index (χ2n) is 6.40. The third kappa shape index (κ3) is 2.82. The molecule has 3 rings (SSSR count). The van der Waals surface area contributed by atoms with E-state index in [-0.39, 0.29) is 24.3 Å². The lowest BCUT2D eigenvalue weighted by Crippen LogP contribution is -2.39. The molecule has 0 bridgehead atoms. The van der Waals surface area contributed by atoms with E-state index in [9.17, 15) is 25.4 Å². The van der Waals surface area contributed by atoms with E-state index in [1.54, 1.807) is 0 Å². The van der Waals surface area contributed by atoms with Crippen LogP contribution in [0.25, 0.3) is 0 Å². The zero-order valence-corrected chi connectivity index (χ0v) is 13.8. The normalized spacial score (nSPS) is 21.4. The van der Waals surface area contributed by atoms with Crippen LogP contribution in [0.2, 0.25) is 0 Å². The average molecular weight is 345 g/mol. The lowest BCUT2D eigenvalue weighted by atomic mass is 9.57. The number of nitriles is 2. The molecule has 2 aromatic rings. The fourth-order valence-electron chi connectivity index (χ4n) is 3.72. The van der Waals surface area contributed by atoms with Crippen LogP contribution in [-0.2, 0) is 4.79 Å². The van der Waals surface area contributed by atoms with Gasteiger partial charge in [-0.05, 0) is 11.1 Å². The fraction of sp³-hybridized carbons (Fsp3) is 0.250. The third-order valence-electron chi connectivity index (χ3n) is 5.04. The molecule has 0 spiro atoms. The Kier molecular flexibility index (Phi) is 4.51. The number of nitrogens with zero attached hydrogens (tertiary/aromatic N) is 3. The molecule has 0 heterocycles. The van der Waals surface area contributed by atoms with E-state index >= 15 is 0 Å². The van der Waals surface area contributed by atoms with Crippen molar-refractivity contribution in [3.05, 3.63) is 75.8 Å². The van der Waals surface area contributed by atoms with E-state index in [4.69, 9.17) is 0 Å². The molecule has 1 aliphatic rings. The van der Waals surface area contributed by atoms with E-state index in [1.165, 1.54) is 24.3 Å². The van der Waals surface area contributed by atoms with Crippen molar-refractivity contribution in [2.45, 2.75) is 24.7 Å².